The Bertz CT molecular complexity index is 441. The van der Waals surface area contributed by atoms with Crippen molar-refractivity contribution >= 4 is 34.4 Å². The fraction of sp³-hybridized carbons (Fsp3) is 0.200. The summed E-state index contributed by atoms with van der Waals surface area (Å²) in [6, 6.07) is 6.08. The highest BCUT2D eigenvalue weighted by atomic mass is 32.1. The molecule has 2 rings (SSSR count). The van der Waals surface area contributed by atoms with Gasteiger partial charge in [-0.25, -0.2) is 0 Å². The summed E-state index contributed by atoms with van der Waals surface area (Å²) >= 11 is 1.72. The van der Waals surface area contributed by atoms with Gasteiger partial charge in [0, 0.05) is 4.70 Å². The molecule has 0 aliphatic carbocycles. The number of nitrogens with two attached hydrogens (primary N) is 1. The topological polar surface area (TPSA) is 46.2 Å². The van der Waals surface area contributed by atoms with Crippen LogP contribution in [0.5, 0.6) is 0 Å². The van der Waals surface area contributed by atoms with Gasteiger partial charge in [-0.2, -0.15) is 0 Å². The standard InChI is InChI=1S/C10H12BNOS/c12-4-3-7-6-14-10-5-8(11-13)1-2-9(7)10/h1-2,5-6,11,13H,3-4,12H2. The Kier molecular flexibility index (Phi) is 2.86. The van der Waals surface area contributed by atoms with E-state index in [0.29, 0.717) is 6.54 Å². The van der Waals surface area contributed by atoms with Crippen molar-refractivity contribution in [3.05, 3.63) is 29.1 Å². The van der Waals surface area contributed by atoms with E-state index in [2.05, 4.69) is 11.4 Å². The Hall–Kier alpha value is -0.835. The summed E-state index contributed by atoms with van der Waals surface area (Å²) in [6.45, 7) is 0.688. The molecule has 0 saturated carbocycles. The molecule has 72 valence electrons. The summed E-state index contributed by atoms with van der Waals surface area (Å²) in [5.41, 5.74) is 7.82. The van der Waals surface area contributed by atoms with E-state index in [9.17, 15) is 0 Å². The molecule has 0 aliphatic rings. The van der Waals surface area contributed by atoms with Crippen molar-refractivity contribution in [1.82, 2.24) is 0 Å². The zero-order chi connectivity index (χ0) is 9.97. The number of hydrogen-bond acceptors (Lipinski definition) is 3. The Morgan fingerprint density at radius 1 is 1.43 bits per heavy atom. The van der Waals surface area contributed by atoms with Crippen LogP contribution in [0.4, 0.5) is 0 Å². The molecule has 0 radical (unpaired) electrons. The highest BCUT2D eigenvalue weighted by Gasteiger charge is 2.03. The second-order valence-corrected chi connectivity index (χ2v) is 4.20. The van der Waals surface area contributed by atoms with Crippen LogP contribution in [0.15, 0.2) is 23.6 Å². The first-order valence-corrected chi connectivity index (χ1v) is 5.53. The lowest BCUT2D eigenvalue weighted by molar-refractivity contribution is 0.615. The highest BCUT2D eigenvalue weighted by Crippen LogP contribution is 2.24. The van der Waals surface area contributed by atoms with Crippen LogP contribution >= 0.6 is 11.3 Å². The lowest BCUT2D eigenvalue weighted by atomic mass is 9.88. The van der Waals surface area contributed by atoms with Gasteiger partial charge in [0.2, 0.25) is 0 Å². The second kappa shape index (κ2) is 4.13. The third-order valence-corrected chi connectivity index (χ3v) is 3.31. The van der Waals surface area contributed by atoms with Gasteiger partial charge in [0.25, 0.3) is 0 Å². The molecule has 2 aromatic rings. The molecule has 1 aromatic carbocycles. The Labute approximate surface area is 87.6 Å². The van der Waals surface area contributed by atoms with Crippen LogP contribution in [0.2, 0.25) is 0 Å². The summed E-state index contributed by atoms with van der Waals surface area (Å²) in [5, 5.41) is 12.4. The fourth-order valence-corrected chi connectivity index (χ4v) is 2.63. The van der Waals surface area contributed by atoms with Gasteiger partial charge in [0.1, 0.15) is 0 Å². The zero-order valence-corrected chi connectivity index (χ0v) is 8.68. The molecular weight excluding hydrogens is 193 g/mol. The van der Waals surface area contributed by atoms with E-state index in [-0.39, 0.29) is 7.48 Å². The molecule has 14 heavy (non-hydrogen) atoms. The van der Waals surface area contributed by atoms with Crippen LogP contribution in [-0.2, 0) is 6.42 Å². The van der Waals surface area contributed by atoms with Crippen molar-refractivity contribution in [2.75, 3.05) is 6.54 Å². The average Bonchev–Trinajstić information content (AvgIpc) is 2.61. The van der Waals surface area contributed by atoms with E-state index >= 15 is 0 Å². The largest absolute Gasteiger partial charge is 0.449 e. The Morgan fingerprint density at radius 2 is 2.29 bits per heavy atom. The van der Waals surface area contributed by atoms with Gasteiger partial charge in [-0.1, -0.05) is 17.6 Å². The van der Waals surface area contributed by atoms with Gasteiger partial charge in [-0.3, -0.25) is 0 Å². The van der Waals surface area contributed by atoms with E-state index < -0.39 is 0 Å². The first-order chi connectivity index (χ1) is 6.85. The monoisotopic (exact) mass is 205 g/mol. The molecule has 0 atom stereocenters. The van der Waals surface area contributed by atoms with Crippen molar-refractivity contribution in [3.63, 3.8) is 0 Å². The summed E-state index contributed by atoms with van der Waals surface area (Å²) in [5.74, 6) is 0. The van der Waals surface area contributed by atoms with Gasteiger partial charge in [0.15, 0.2) is 0 Å². The van der Waals surface area contributed by atoms with Crippen molar-refractivity contribution in [2.45, 2.75) is 6.42 Å². The van der Waals surface area contributed by atoms with Crippen LogP contribution in [0.1, 0.15) is 5.56 Å². The van der Waals surface area contributed by atoms with Crippen molar-refractivity contribution < 1.29 is 5.02 Å². The number of hydrogen-bond donors (Lipinski definition) is 2. The molecular formula is C10H12BNOS. The van der Waals surface area contributed by atoms with Crippen LogP contribution < -0.4 is 11.2 Å². The molecule has 0 saturated heterocycles. The van der Waals surface area contributed by atoms with Crippen LogP contribution in [0, 0.1) is 0 Å². The summed E-state index contributed by atoms with van der Waals surface area (Å²) in [4.78, 5) is 0. The lowest BCUT2D eigenvalue weighted by Gasteiger charge is -1.97. The maximum Gasteiger partial charge on any atom is 0.304 e. The summed E-state index contributed by atoms with van der Waals surface area (Å²) < 4.78 is 1.24. The van der Waals surface area contributed by atoms with Crippen LogP contribution in [0.3, 0.4) is 0 Å². The molecule has 0 fully saturated rings. The number of fused-ring (bicyclic) bond motifs is 1. The first kappa shape index (κ1) is 9.71. The normalized spacial score (nSPS) is 10.7. The van der Waals surface area contributed by atoms with Crippen LogP contribution in [0.25, 0.3) is 10.1 Å². The van der Waals surface area contributed by atoms with Crippen molar-refractivity contribution in [1.29, 1.82) is 0 Å². The second-order valence-electron chi connectivity index (χ2n) is 3.29. The van der Waals surface area contributed by atoms with E-state index in [0.717, 1.165) is 11.9 Å². The van der Waals surface area contributed by atoms with Gasteiger partial charge in [0.05, 0.1) is 0 Å². The fourth-order valence-electron chi connectivity index (χ4n) is 1.58. The molecule has 4 heteroatoms. The number of benzene rings is 1. The predicted molar refractivity (Wildman–Crippen MR) is 63.6 cm³/mol. The molecule has 1 aromatic heterocycles. The quantitative estimate of drug-likeness (QED) is 0.711. The molecule has 0 spiro atoms. The smallest absolute Gasteiger partial charge is 0.304 e. The molecule has 0 amide bonds. The summed E-state index contributed by atoms with van der Waals surface area (Å²) in [6.07, 6.45) is 0.929. The van der Waals surface area contributed by atoms with Gasteiger partial charge < -0.3 is 10.8 Å². The van der Waals surface area contributed by atoms with Crippen LogP contribution in [-0.4, -0.2) is 19.1 Å². The van der Waals surface area contributed by atoms with E-state index in [1.807, 2.05) is 12.1 Å². The predicted octanol–water partition coefficient (Wildman–Crippen LogP) is 0.372. The Morgan fingerprint density at radius 3 is 3.00 bits per heavy atom. The number of thiophene rings is 1. The zero-order valence-electron chi connectivity index (χ0n) is 7.86. The minimum absolute atomic E-state index is 0.111. The van der Waals surface area contributed by atoms with Gasteiger partial charge in [-0.15, -0.1) is 11.3 Å². The van der Waals surface area contributed by atoms with Gasteiger partial charge >= 0.3 is 7.48 Å². The maximum absolute atomic E-state index is 8.99. The molecule has 2 nitrogen and oxygen atoms in total. The van der Waals surface area contributed by atoms with E-state index in [1.165, 1.54) is 15.6 Å². The van der Waals surface area contributed by atoms with E-state index in [4.69, 9.17) is 10.8 Å². The maximum atomic E-state index is 8.99. The SMILES string of the molecule is NCCc1csc2cc(BO)ccc12. The van der Waals surface area contributed by atoms with Crippen molar-refractivity contribution in [3.8, 4) is 0 Å². The number of rotatable bonds is 3. The van der Waals surface area contributed by atoms with Crippen molar-refractivity contribution in [2.24, 2.45) is 5.73 Å². The third-order valence-electron chi connectivity index (χ3n) is 2.32. The Balaban J connectivity index is 2.48. The lowest BCUT2D eigenvalue weighted by Crippen LogP contribution is -2.11. The summed E-state index contributed by atoms with van der Waals surface area (Å²) in [7, 11) is 0.111. The first-order valence-electron chi connectivity index (χ1n) is 4.65. The average molecular weight is 205 g/mol. The van der Waals surface area contributed by atoms with E-state index in [1.54, 1.807) is 11.3 Å². The minimum Gasteiger partial charge on any atom is -0.449 e. The third kappa shape index (κ3) is 1.69. The molecule has 3 N–H and O–H groups in total. The van der Waals surface area contributed by atoms with Gasteiger partial charge in [-0.05, 0) is 35.4 Å². The minimum atomic E-state index is 0.111. The molecule has 1 heterocycles. The highest BCUT2D eigenvalue weighted by molar-refractivity contribution is 7.17. The molecule has 0 bridgehead atoms. The molecule has 0 unspecified atom stereocenters. The molecule has 0 aliphatic heterocycles.